The second kappa shape index (κ2) is 10.8. The van der Waals surface area contributed by atoms with E-state index >= 15 is 0 Å². The normalized spacial score (nSPS) is 14.3. The molecule has 4 aromatic rings. The molecule has 4 heterocycles. The first-order valence-corrected chi connectivity index (χ1v) is 12.3. The standard InChI is InChI=1S/C26H26F3N7O3/c1-33(2)26(38)34-9-6-16(7-10-34)25(37)36(20-5-3-4-18(27)13-20)15-19-14-35-11-8-17(12-21(35)30-19)23-31-32-24(39-23)22(28)29/h3-5,8,11-14,16,22H,6-7,9-10,15H2,1-2H3. The maximum atomic E-state index is 14.1. The Balaban J connectivity index is 1.38. The summed E-state index contributed by atoms with van der Waals surface area (Å²) in [6.45, 7) is 0.973. The average Bonchev–Trinajstić information content (AvgIpc) is 3.58. The third kappa shape index (κ3) is 5.56. The number of halogens is 3. The van der Waals surface area contributed by atoms with E-state index in [9.17, 15) is 22.8 Å². The Morgan fingerprint density at radius 3 is 2.56 bits per heavy atom. The fourth-order valence-electron chi connectivity index (χ4n) is 4.61. The molecule has 1 saturated heterocycles. The number of carbonyl (C=O) groups excluding carboxylic acids is 2. The number of pyridine rings is 1. The quantitative estimate of drug-likeness (QED) is 0.359. The Labute approximate surface area is 221 Å². The monoisotopic (exact) mass is 541 g/mol. The molecular formula is C26H26F3N7O3. The van der Waals surface area contributed by atoms with Crippen LogP contribution in [0.1, 0.15) is 30.9 Å². The molecule has 0 bridgehead atoms. The Kier molecular flexibility index (Phi) is 7.22. The number of benzene rings is 1. The minimum absolute atomic E-state index is 0.0620. The minimum atomic E-state index is -2.87. The van der Waals surface area contributed by atoms with E-state index in [4.69, 9.17) is 4.42 Å². The summed E-state index contributed by atoms with van der Waals surface area (Å²) in [5.41, 5.74) is 1.82. The minimum Gasteiger partial charge on any atom is -0.415 e. The Morgan fingerprint density at radius 1 is 1.13 bits per heavy atom. The molecule has 0 radical (unpaired) electrons. The molecule has 0 aliphatic carbocycles. The van der Waals surface area contributed by atoms with Crippen LogP contribution in [0.5, 0.6) is 0 Å². The van der Waals surface area contributed by atoms with E-state index < -0.39 is 18.1 Å². The van der Waals surface area contributed by atoms with Gasteiger partial charge in [-0.25, -0.2) is 14.2 Å². The molecule has 3 amide bonds. The molecule has 1 aliphatic heterocycles. The molecule has 1 fully saturated rings. The number of hydrogen-bond acceptors (Lipinski definition) is 6. The smallest absolute Gasteiger partial charge is 0.319 e. The summed E-state index contributed by atoms with van der Waals surface area (Å²) >= 11 is 0. The van der Waals surface area contributed by atoms with Gasteiger partial charge in [-0.2, -0.15) is 8.78 Å². The number of anilines is 1. The van der Waals surface area contributed by atoms with Gasteiger partial charge in [-0.3, -0.25) is 4.79 Å². The lowest BCUT2D eigenvalue weighted by Crippen LogP contribution is -2.47. The number of nitrogens with zero attached hydrogens (tertiary/aromatic N) is 7. The first kappa shape index (κ1) is 26.2. The number of piperidine rings is 1. The predicted octanol–water partition coefficient (Wildman–Crippen LogP) is 4.39. The molecule has 0 saturated carbocycles. The molecule has 1 aliphatic rings. The average molecular weight is 542 g/mol. The van der Waals surface area contributed by atoms with Gasteiger partial charge in [0.25, 0.3) is 5.89 Å². The molecule has 13 heteroatoms. The van der Waals surface area contributed by atoms with Gasteiger partial charge in [0, 0.05) is 56.7 Å². The molecule has 0 unspecified atom stereocenters. The summed E-state index contributed by atoms with van der Waals surface area (Å²) in [6.07, 6.45) is 1.50. The maximum absolute atomic E-state index is 14.1. The van der Waals surface area contributed by atoms with Gasteiger partial charge in [0.05, 0.1) is 12.2 Å². The summed E-state index contributed by atoms with van der Waals surface area (Å²) in [6, 6.07) is 8.94. The first-order valence-electron chi connectivity index (χ1n) is 12.3. The Bertz CT molecular complexity index is 1490. The van der Waals surface area contributed by atoms with Gasteiger partial charge in [0.2, 0.25) is 11.8 Å². The third-order valence-corrected chi connectivity index (χ3v) is 6.59. The van der Waals surface area contributed by atoms with Crippen LogP contribution >= 0.6 is 0 Å². The number of imidazole rings is 1. The molecule has 5 rings (SSSR count). The van der Waals surface area contributed by atoms with Crippen molar-refractivity contribution in [2.24, 2.45) is 5.92 Å². The number of urea groups is 1. The van der Waals surface area contributed by atoms with Crippen molar-refractivity contribution in [3.05, 3.63) is 66.2 Å². The molecule has 3 aromatic heterocycles. The molecule has 0 atom stereocenters. The van der Waals surface area contributed by atoms with Gasteiger partial charge in [0.15, 0.2) is 0 Å². The van der Waals surface area contributed by atoms with Crippen molar-refractivity contribution in [2.45, 2.75) is 25.8 Å². The molecular weight excluding hydrogens is 515 g/mol. The van der Waals surface area contributed by atoms with Crippen molar-refractivity contribution in [3.63, 3.8) is 0 Å². The van der Waals surface area contributed by atoms with E-state index in [-0.39, 0.29) is 30.3 Å². The van der Waals surface area contributed by atoms with E-state index in [1.807, 2.05) is 0 Å². The zero-order valence-electron chi connectivity index (χ0n) is 21.3. The third-order valence-electron chi connectivity index (χ3n) is 6.59. The second-order valence-corrected chi connectivity index (χ2v) is 9.50. The number of amides is 3. The largest absolute Gasteiger partial charge is 0.415 e. The summed E-state index contributed by atoms with van der Waals surface area (Å²) in [4.78, 5) is 35.3. The number of carbonyl (C=O) groups is 2. The van der Waals surface area contributed by atoms with Crippen LogP contribution in [0, 0.1) is 11.7 Å². The number of fused-ring (bicyclic) bond motifs is 1. The molecule has 0 N–H and O–H groups in total. The maximum Gasteiger partial charge on any atom is 0.319 e. The number of rotatable bonds is 6. The SMILES string of the molecule is CN(C)C(=O)N1CCC(C(=O)N(Cc2cn3ccc(-c4nnc(C(F)F)o4)cc3n2)c2cccc(F)c2)CC1. The van der Waals surface area contributed by atoms with E-state index in [0.29, 0.717) is 48.5 Å². The Hall–Kier alpha value is -4.42. The predicted molar refractivity (Wildman–Crippen MR) is 134 cm³/mol. The second-order valence-electron chi connectivity index (χ2n) is 9.50. The molecule has 39 heavy (non-hydrogen) atoms. The summed E-state index contributed by atoms with van der Waals surface area (Å²) < 4.78 is 46.6. The van der Waals surface area contributed by atoms with Gasteiger partial charge in [-0.1, -0.05) is 6.07 Å². The number of hydrogen-bond donors (Lipinski definition) is 0. The molecule has 10 nitrogen and oxygen atoms in total. The molecule has 1 aromatic carbocycles. The van der Waals surface area contributed by atoms with E-state index in [2.05, 4.69) is 15.2 Å². The first-order chi connectivity index (χ1) is 18.7. The zero-order valence-corrected chi connectivity index (χ0v) is 21.3. The van der Waals surface area contributed by atoms with Crippen molar-refractivity contribution in [1.82, 2.24) is 29.4 Å². The zero-order chi connectivity index (χ0) is 27.7. The number of likely N-dealkylation sites (tertiary alicyclic amines) is 1. The lowest BCUT2D eigenvalue weighted by Gasteiger charge is -2.35. The van der Waals surface area contributed by atoms with E-state index in [1.165, 1.54) is 28.0 Å². The van der Waals surface area contributed by atoms with Gasteiger partial charge in [-0.05, 0) is 43.2 Å². The fourth-order valence-corrected chi connectivity index (χ4v) is 4.61. The van der Waals surface area contributed by atoms with Crippen LogP contribution in [0.2, 0.25) is 0 Å². The lowest BCUT2D eigenvalue weighted by molar-refractivity contribution is -0.123. The topological polar surface area (TPSA) is 100 Å². The molecule has 0 spiro atoms. The van der Waals surface area contributed by atoms with Crippen molar-refractivity contribution < 1.29 is 27.2 Å². The van der Waals surface area contributed by atoms with Gasteiger partial charge in [-0.15, -0.1) is 10.2 Å². The van der Waals surface area contributed by atoms with Crippen molar-refractivity contribution in [2.75, 3.05) is 32.1 Å². The van der Waals surface area contributed by atoms with Crippen LogP contribution in [0.3, 0.4) is 0 Å². The van der Waals surface area contributed by atoms with Crippen LogP contribution in [0.15, 0.2) is 53.2 Å². The van der Waals surface area contributed by atoms with E-state index in [1.54, 1.807) is 54.0 Å². The van der Waals surface area contributed by atoms with Crippen LogP contribution < -0.4 is 4.90 Å². The highest BCUT2D eigenvalue weighted by molar-refractivity contribution is 5.95. The Morgan fingerprint density at radius 2 is 1.90 bits per heavy atom. The highest BCUT2D eigenvalue weighted by Gasteiger charge is 2.32. The van der Waals surface area contributed by atoms with Gasteiger partial charge < -0.3 is 23.5 Å². The van der Waals surface area contributed by atoms with Crippen LogP contribution in [-0.4, -0.2) is 68.5 Å². The highest BCUT2D eigenvalue weighted by atomic mass is 19.3. The van der Waals surface area contributed by atoms with Crippen molar-refractivity contribution in [3.8, 4) is 11.5 Å². The number of aromatic nitrogens is 4. The summed E-state index contributed by atoms with van der Waals surface area (Å²) in [5.74, 6) is -1.83. The summed E-state index contributed by atoms with van der Waals surface area (Å²) in [7, 11) is 3.37. The summed E-state index contributed by atoms with van der Waals surface area (Å²) in [5, 5.41) is 7.02. The van der Waals surface area contributed by atoms with Crippen molar-refractivity contribution in [1.29, 1.82) is 0 Å². The van der Waals surface area contributed by atoms with Crippen LogP contribution in [0.4, 0.5) is 23.7 Å². The molecule has 204 valence electrons. The van der Waals surface area contributed by atoms with E-state index in [0.717, 1.165) is 0 Å². The van der Waals surface area contributed by atoms with Gasteiger partial charge in [0.1, 0.15) is 11.5 Å². The fraction of sp³-hybridized carbons (Fsp3) is 0.346. The van der Waals surface area contributed by atoms with Gasteiger partial charge >= 0.3 is 12.5 Å². The highest BCUT2D eigenvalue weighted by Crippen LogP contribution is 2.27. The van der Waals surface area contributed by atoms with Crippen molar-refractivity contribution >= 4 is 23.3 Å². The van der Waals surface area contributed by atoms with Crippen LogP contribution in [-0.2, 0) is 11.3 Å². The van der Waals surface area contributed by atoms with Crippen LogP contribution in [0.25, 0.3) is 17.1 Å². The number of alkyl halides is 2. The lowest BCUT2D eigenvalue weighted by atomic mass is 9.95.